The second-order valence-corrected chi connectivity index (χ2v) is 3.69. The van der Waals surface area contributed by atoms with Crippen LogP contribution in [0.1, 0.15) is 20.8 Å². The standard InChI is InChI=1S/C9H16O3.2CO2/c1-4-12-8(10)9(7(2)3)5-11-6-9;2*2-1-3/h7H,4-6H2,1-3H3;;. The molecule has 0 aliphatic carbocycles. The smallest absolute Gasteiger partial charge is 0.373 e. The van der Waals surface area contributed by atoms with E-state index in [1.54, 1.807) is 0 Å². The van der Waals surface area contributed by atoms with Gasteiger partial charge in [-0.2, -0.15) is 19.2 Å². The summed E-state index contributed by atoms with van der Waals surface area (Å²) in [5.41, 5.74) is -0.351. The Morgan fingerprint density at radius 1 is 1.22 bits per heavy atom. The molecular weight excluding hydrogens is 244 g/mol. The fraction of sp³-hybridized carbons (Fsp3) is 0.727. The first kappa shape index (κ1) is 18.6. The molecule has 0 atom stereocenters. The predicted molar refractivity (Wildman–Crippen MR) is 54.7 cm³/mol. The summed E-state index contributed by atoms with van der Waals surface area (Å²) in [4.78, 5) is 44.0. The van der Waals surface area contributed by atoms with Crippen molar-refractivity contribution in [1.82, 2.24) is 0 Å². The summed E-state index contributed by atoms with van der Waals surface area (Å²) in [6.07, 6.45) is 0.500. The van der Waals surface area contributed by atoms with Crippen molar-refractivity contribution in [2.75, 3.05) is 19.8 Å². The molecule has 1 saturated heterocycles. The molecule has 1 heterocycles. The van der Waals surface area contributed by atoms with Gasteiger partial charge < -0.3 is 9.47 Å². The van der Waals surface area contributed by atoms with Gasteiger partial charge in [0.25, 0.3) is 0 Å². The first-order valence-corrected chi connectivity index (χ1v) is 5.20. The summed E-state index contributed by atoms with van der Waals surface area (Å²) in [5, 5.41) is 0. The summed E-state index contributed by atoms with van der Waals surface area (Å²) in [7, 11) is 0. The zero-order valence-electron chi connectivity index (χ0n) is 10.6. The van der Waals surface area contributed by atoms with E-state index in [1.807, 2.05) is 20.8 Å². The second kappa shape index (κ2) is 10.4. The second-order valence-electron chi connectivity index (χ2n) is 3.69. The summed E-state index contributed by atoms with van der Waals surface area (Å²) in [6.45, 7) is 7.37. The molecule has 0 N–H and O–H groups in total. The third-order valence-corrected chi connectivity index (χ3v) is 2.51. The first-order valence-electron chi connectivity index (χ1n) is 5.20. The van der Waals surface area contributed by atoms with Crippen LogP contribution in [0, 0.1) is 11.3 Å². The fourth-order valence-corrected chi connectivity index (χ4v) is 1.28. The normalized spacial score (nSPS) is 14.4. The van der Waals surface area contributed by atoms with Crippen LogP contribution in [0.4, 0.5) is 0 Å². The number of ether oxygens (including phenoxy) is 2. The maximum atomic E-state index is 11.5. The monoisotopic (exact) mass is 260 g/mol. The number of carbonyl (C=O) groups is 1. The van der Waals surface area contributed by atoms with Crippen molar-refractivity contribution >= 4 is 18.3 Å². The van der Waals surface area contributed by atoms with Crippen molar-refractivity contribution in [2.45, 2.75) is 20.8 Å². The number of hydrogen-bond acceptors (Lipinski definition) is 7. The summed E-state index contributed by atoms with van der Waals surface area (Å²) < 4.78 is 10.1. The minimum absolute atomic E-state index is 0.105. The highest BCUT2D eigenvalue weighted by atomic mass is 16.6. The van der Waals surface area contributed by atoms with Gasteiger partial charge in [0, 0.05) is 0 Å². The van der Waals surface area contributed by atoms with Crippen LogP contribution in [0.3, 0.4) is 0 Å². The SMILES string of the molecule is CCOC(=O)C1(C(C)C)COC1.O=C=O.O=C=O. The molecule has 0 saturated carbocycles. The Bertz CT molecular complexity index is 293. The minimum Gasteiger partial charge on any atom is -0.465 e. The van der Waals surface area contributed by atoms with Crippen LogP contribution in [0.5, 0.6) is 0 Å². The molecule has 1 aliphatic heterocycles. The van der Waals surface area contributed by atoms with Crippen molar-refractivity contribution in [3.05, 3.63) is 0 Å². The van der Waals surface area contributed by atoms with Crippen molar-refractivity contribution in [2.24, 2.45) is 11.3 Å². The molecule has 1 aliphatic rings. The zero-order valence-corrected chi connectivity index (χ0v) is 10.6. The van der Waals surface area contributed by atoms with E-state index in [0.717, 1.165) is 0 Å². The Labute approximate surface area is 104 Å². The molecule has 1 fully saturated rings. The van der Waals surface area contributed by atoms with Crippen LogP contribution in [0.2, 0.25) is 0 Å². The molecule has 0 spiro atoms. The van der Waals surface area contributed by atoms with E-state index in [4.69, 9.17) is 28.7 Å². The van der Waals surface area contributed by atoms with E-state index in [0.29, 0.717) is 25.7 Å². The predicted octanol–water partition coefficient (Wildman–Crippen LogP) is 0.0551. The van der Waals surface area contributed by atoms with Gasteiger partial charge in [0.1, 0.15) is 5.41 Å². The number of rotatable bonds is 3. The van der Waals surface area contributed by atoms with Crippen LogP contribution in [0.15, 0.2) is 0 Å². The number of carbonyl (C=O) groups excluding carboxylic acids is 5. The third-order valence-electron chi connectivity index (χ3n) is 2.51. The highest BCUT2D eigenvalue weighted by Crippen LogP contribution is 2.36. The van der Waals surface area contributed by atoms with Crippen molar-refractivity contribution in [1.29, 1.82) is 0 Å². The van der Waals surface area contributed by atoms with Crippen LogP contribution >= 0.6 is 0 Å². The van der Waals surface area contributed by atoms with E-state index in [9.17, 15) is 4.79 Å². The average molecular weight is 260 g/mol. The molecule has 0 unspecified atom stereocenters. The first-order chi connectivity index (χ1) is 8.46. The lowest BCUT2D eigenvalue weighted by molar-refractivity contribution is -0.195. The average Bonchev–Trinajstić information content (AvgIpc) is 2.17. The molecule has 18 heavy (non-hydrogen) atoms. The van der Waals surface area contributed by atoms with E-state index in [2.05, 4.69) is 0 Å². The van der Waals surface area contributed by atoms with E-state index >= 15 is 0 Å². The molecule has 0 radical (unpaired) electrons. The van der Waals surface area contributed by atoms with Gasteiger partial charge in [-0.15, -0.1) is 0 Å². The Kier molecular flexibility index (Phi) is 10.7. The summed E-state index contributed by atoms with van der Waals surface area (Å²) in [5.74, 6) is 0.191. The lowest BCUT2D eigenvalue weighted by Gasteiger charge is -2.41. The van der Waals surface area contributed by atoms with Gasteiger partial charge >= 0.3 is 18.3 Å². The highest BCUT2D eigenvalue weighted by molar-refractivity contribution is 5.78. The molecule has 0 aromatic heterocycles. The van der Waals surface area contributed by atoms with Crippen LogP contribution in [0.25, 0.3) is 0 Å². The van der Waals surface area contributed by atoms with E-state index in [1.165, 1.54) is 0 Å². The van der Waals surface area contributed by atoms with E-state index in [-0.39, 0.29) is 23.7 Å². The molecule has 7 heteroatoms. The highest BCUT2D eigenvalue weighted by Gasteiger charge is 2.49. The van der Waals surface area contributed by atoms with Gasteiger partial charge in [0.05, 0.1) is 19.8 Å². The third kappa shape index (κ3) is 5.50. The van der Waals surface area contributed by atoms with Crippen molar-refractivity contribution in [3.63, 3.8) is 0 Å². The largest absolute Gasteiger partial charge is 0.465 e. The van der Waals surface area contributed by atoms with Gasteiger partial charge in [-0.25, -0.2) is 0 Å². The van der Waals surface area contributed by atoms with E-state index < -0.39 is 0 Å². The van der Waals surface area contributed by atoms with Crippen molar-refractivity contribution < 1.29 is 33.4 Å². The molecule has 0 aromatic carbocycles. The summed E-state index contributed by atoms with van der Waals surface area (Å²) in [6, 6.07) is 0. The molecular formula is C11H16O7. The van der Waals surface area contributed by atoms with Gasteiger partial charge in [0.15, 0.2) is 0 Å². The maximum absolute atomic E-state index is 11.5. The Hall–Kier alpha value is -1.81. The van der Waals surface area contributed by atoms with Gasteiger partial charge in [-0.1, -0.05) is 13.8 Å². The fourth-order valence-electron chi connectivity index (χ4n) is 1.28. The molecule has 102 valence electrons. The lowest BCUT2D eigenvalue weighted by atomic mass is 9.75. The van der Waals surface area contributed by atoms with Gasteiger partial charge in [0.2, 0.25) is 0 Å². The van der Waals surface area contributed by atoms with Crippen LogP contribution in [-0.2, 0) is 33.4 Å². The van der Waals surface area contributed by atoms with Crippen molar-refractivity contribution in [3.8, 4) is 0 Å². The number of hydrogen-bond donors (Lipinski definition) is 0. The molecule has 0 bridgehead atoms. The van der Waals surface area contributed by atoms with Crippen LogP contribution < -0.4 is 0 Å². The Balaban J connectivity index is 0. The Morgan fingerprint density at radius 3 is 1.78 bits per heavy atom. The quantitative estimate of drug-likeness (QED) is 0.660. The zero-order chi connectivity index (χ0) is 14.6. The number of esters is 1. The minimum atomic E-state index is -0.351. The molecule has 7 nitrogen and oxygen atoms in total. The topological polar surface area (TPSA) is 104 Å². The van der Waals surface area contributed by atoms with Gasteiger partial charge in [-0.05, 0) is 12.8 Å². The summed E-state index contributed by atoms with van der Waals surface area (Å²) >= 11 is 0. The lowest BCUT2D eigenvalue weighted by Crippen LogP contribution is -2.53. The molecule has 1 rings (SSSR count). The van der Waals surface area contributed by atoms with Crippen LogP contribution in [-0.4, -0.2) is 38.1 Å². The van der Waals surface area contributed by atoms with Gasteiger partial charge in [-0.3, -0.25) is 4.79 Å². The Morgan fingerprint density at radius 2 is 1.61 bits per heavy atom. The molecule has 0 aromatic rings. The maximum Gasteiger partial charge on any atom is 0.373 e. The molecule has 0 amide bonds.